The Labute approximate surface area is 221 Å². The molecule has 0 radical (unpaired) electrons. The highest BCUT2D eigenvalue weighted by atomic mass is 35.5. The molecule has 2 aliphatic rings. The van der Waals surface area contributed by atoms with E-state index in [9.17, 15) is 5.11 Å². The summed E-state index contributed by atoms with van der Waals surface area (Å²) in [6.45, 7) is 2.61. The topological polar surface area (TPSA) is 133 Å². The first-order valence-corrected chi connectivity index (χ1v) is 12.5. The quantitative estimate of drug-likeness (QED) is 0.351. The molecule has 0 aliphatic carbocycles. The molecule has 2 fully saturated rings. The number of benzene rings is 2. The highest BCUT2D eigenvalue weighted by molar-refractivity contribution is 6.33. The summed E-state index contributed by atoms with van der Waals surface area (Å²) < 4.78 is 18.9. The van der Waals surface area contributed by atoms with Gasteiger partial charge >= 0.3 is 0 Å². The van der Waals surface area contributed by atoms with Crippen LogP contribution in [0.3, 0.4) is 0 Å². The summed E-state index contributed by atoms with van der Waals surface area (Å²) in [6, 6.07) is 16.2. The highest BCUT2D eigenvalue weighted by Gasteiger charge is 2.48. The number of pyridine rings is 1. The number of H-pyrrole nitrogens is 1. The second-order valence-corrected chi connectivity index (χ2v) is 9.79. The summed E-state index contributed by atoms with van der Waals surface area (Å²) in [6.07, 6.45) is -0.147. The van der Waals surface area contributed by atoms with Gasteiger partial charge in [-0.15, -0.1) is 5.10 Å². The Morgan fingerprint density at radius 1 is 1.03 bits per heavy atom. The number of halogens is 1. The molecule has 2 saturated heterocycles. The van der Waals surface area contributed by atoms with Crippen molar-refractivity contribution in [2.45, 2.75) is 31.3 Å². The SMILES string of the molecule is Cc1cc(-n2cnnn2)ccc1-c1ccc(-c2nc3nc(O[C@@H]4CO[C@H]5[C@@H]4OC[C@H]5O)[nH]c3cc2Cl)cc1. The van der Waals surface area contributed by atoms with E-state index in [0.717, 1.165) is 27.9 Å². The molecular weight excluding hydrogens is 510 g/mol. The highest BCUT2D eigenvalue weighted by Crippen LogP contribution is 2.33. The predicted octanol–water partition coefficient (Wildman–Crippen LogP) is 3.14. The Balaban J connectivity index is 1.13. The third-order valence-electron chi connectivity index (χ3n) is 6.94. The fraction of sp³-hybridized carbons (Fsp3) is 0.269. The van der Waals surface area contributed by atoms with Gasteiger partial charge < -0.3 is 24.3 Å². The Bertz CT molecular complexity index is 1620. The van der Waals surface area contributed by atoms with E-state index < -0.39 is 6.10 Å². The number of hydrogen-bond donors (Lipinski definition) is 2. The number of ether oxygens (including phenoxy) is 3. The molecule has 3 aromatic heterocycles. The van der Waals surface area contributed by atoms with Gasteiger partial charge in [-0.3, -0.25) is 0 Å². The van der Waals surface area contributed by atoms with Gasteiger partial charge in [-0.1, -0.05) is 41.9 Å². The van der Waals surface area contributed by atoms with Crippen molar-refractivity contribution in [1.29, 1.82) is 0 Å². The number of imidazole rings is 1. The molecule has 192 valence electrons. The van der Waals surface area contributed by atoms with Gasteiger partial charge in [0.25, 0.3) is 6.01 Å². The van der Waals surface area contributed by atoms with Crippen LogP contribution in [0.1, 0.15) is 5.56 Å². The van der Waals surface area contributed by atoms with Crippen molar-refractivity contribution in [1.82, 2.24) is 35.2 Å². The number of rotatable bonds is 5. The molecular formula is C26H22ClN7O4. The van der Waals surface area contributed by atoms with E-state index in [1.54, 1.807) is 17.1 Å². The van der Waals surface area contributed by atoms with Gasteiger partial charge in [0.15, 0.2) is 11.8 Å². The van der Waals surface area contributed by atoms with Crippen LogP contribution in [0.15, 0.2) is 54.9 Å². The summed E-state index contributed by atoms with van der Waals surface area (Å²) in [5.74, 6) is 0. The van der Waals surface area contributed by atoms with Crippen molar-refractivity contribution in [3.05, 3.63) is 65.4 Å². The van der Waals surface area contributed by atoms with E-state index in [2.05, 4.69) is 38.5 Å². The Kier molecular flexibility index (Phi) is 5.59. The summed E-state index contributed by atoms with van der Waals surface area (Å²) in [4.78, 5) is 12.3. The van der Waals surface area contributed by atoms with Gasteiger partial charge in [-0.2, -0.15) is 4.98 Å². The summed E-state index contributed by atoms with van der Waals surface area (Å²) in [7, 11) is 0. The lowest BCUT2D eigenvalue weighted by Gasteiger charge is -2.15. The largest absolute Gasteiger partial charge is 0.456 e. The van der Waals surface area contributed by atoms with Crippen molar-refractivity contribution in [3.8, 4) is 34.1 Å². The number of aliphatic hydroxyl groups excluding tert-OH is 1. The molecule has 38 heavy (non-hydrogen) atoms. The van der Waals surface area contributed by atoms with Crippen molar-refractivity contribution in [3.63, 3.8) is 0 Å². The maximum absolute atomic E-state index is 9.95. The minimum absolute atomic E-state index is 0.236. The van der Waals surface area contributed by atoms with Gasteiger partial charge in [0.05, 0.1) is 35.1 Å². The van der Waals surface area contributed by atoms with Crippen LogP contribution in [0.25, 0.3) is 39.2 Å². The number of nitrogens with one attached hydrogen (secondary N) is 1. The predicted molar refractivity (Wildman–Crippen MR) is 137 cm³/mol. The van der Waals surface area contributed by atoms with Gasteiger partial charge in [0.2, 0.25) is 0 Å². The van der Waals surface area contributed by atoms with Crippen LogP contribution in [0.5, 0.6) is 6.01 Å². The molecule has 0 saturated carbocycles. The number of aliphatic hydroxyl groups is 1. The lowest BCUT2D eigenvalue weighted by atomic mass is 9.98. The molecule has 0 amide bonds. The molecule has 7 rings (SSSR count). The number of aromatic nitrogens is 7. The average molecular weight is 532 g/mol. The van der Waals surface area contributed by atoms with Crippen LogP contribution in [0.4, 0.5) is 0 Å². The first kappa shape index (κ1) is 23.2. The van der Waals surface area contributed by atoms with E-state index >= 15 is 0 Å². The Hall–Kier alpha value is -3.90. The molecule has 0 unspecified atom stereocenters. The monoisotopic (exact) mass is 531 g/mol. The summed E-state index contributed by atoms with van der Waals surface area (Å²) >= 11 is 6.62. The number of hydrogen-bond acceptors (Lipinski definition) is 9. The van der Waals surface area contributed by atoms with Crippen LogP contribution >= 0.6 is 11.6 Å². The van der Waals surface area contributed by atoms with Gasteiger partial charge in [-0.25, -0.2) is 9.67 Å². The first-order chi connectivity index (χ1) is 18.5. The molecule has 4 atom stereocenters. The van der Waals surface area contributed by atoms with Crippen LogP contribution in [-0.4, -0.2) is 77.9 Å². The van der Waals surface area contributed by atoms with Crippen molar-refractivity contribution < 1.29 is 19.3 Å². The fourth-order valence-electron chi connectivity index (χ4n) is 5.04. The maximum Gasteiger partial charge on any atom is 0.296 e. The van der Waals surface area contributed by atoms with Crippen molar-refractivity contribution in [2.24, 2.45) is 0 Å². The Morgan fingerprint density at radius 2 is 1.84 bits per heavy atom. The molecule has 2 aliphatic heterocycles. The van der Waals surface area contributed by atoms with Crippen LogP contribution in [0.2, 0.25) is 5.02 Å². The number of aromatic amines is 1. The number of nitrogens with zero attached hydrogens (tertiary/aromatic N) is 6. The van der Waals surface area contributed by atoms with E-state index in [4.69, 9.17) is 30.8 Å². The van der Waals surface area contributed by atoms with Gasteiger partial charge in [0.1, 0.15) is 24.6 Å². The molecule has 11 nitrogen and oxygen atoms in total. The zero-order valence-electron chi connectivity index (χ0n) is 20.2. The maximum atomic E-state index is 9.95. The molecule has 12 heteroatoms. The van der Waals surface area contributed by atoms with Crippen molar-refractivity contribution >= 4 is 22.8 Å². The van der Waals surface area contributed by atoms with Gasteiger partial charge in [-0.05, 0) is 52.2 Å². The van der Waals surface area contributed by atoms with E-state index in [1.807, 2.05) is 36.4 Å². The molecule has 0 bridgehead atoms. The molecule has 5 aromatic rings. The molecule has 5 heterocycles. The minimum Gasteiger partial charge on any atom is -0.456 e. The zero-order valence-corrected chi connectivity index (χ0v) is 20.9. The first-order valence-electron chi connectivity index (χ1n) is 12.1. The normalized spacial score (nSPS) is 22.7. The second kappa shape index (κ2) is 9.14. The molecule has 2 N–H and O–H groups in total. The summed E-state index contributed by atoms with van der Waals surface area (Å²) in [5.41, 5.74) is 6.81. The number of tetrazole rings is 1. The zero-order chi connectivity index (χ0) is 25.8. The number of aryl methyl sites for hydroxylation is 1. The fourth-order valence-corrected chi connectivity index (χ4v) is 5.30. The minimum atomic E-state index is -0.640. The van der Waals surface area contributed by atoms with Gasteiger partial charge in [0, 0.05) is 5.56 Å². The van der Waals surface area contributed by atoms with E-state index in [0.29, 0.717) is 34.5 Å². The van der Waals surface area contributed by atoms with Crippen LogP contribution < -0.4 is 4.74 Å². The van der Waals surface area contributed by atoms with Crippen LogP contribution in [-0.2, 0) is 9.47 Å². The third-order valence-corrected chi connectivity index (χ3v) is 7.23. The second-order valence-electron chi connectivity index (χ2n) is 9.38. The lowest BCUT2D eigenvalue weighted by Crippen LogP contribution is -2.34. The number of fused-ring (bicyclic) bond motifs is 2. The average Bonchev–Trinajstić information content (AvgIpc) is 3.71. The molecule has 2 aromatic carbocycles. The van der Waals surface area contributed by atoms with E-state index in [1.165, 1.54) is 0 Å². The van der Waals surface area contributed by atoms with Crippen LogP contribution in [0, 0.1) is 6.92 Å². The molecule has 0 spiro atoms. The Morgan fingerprint density at radius 3 is 2.63 bits per heavy atom. The standard InChI is InChI=1S/C26H22ClN7O4/c1-13-8-16(34-12-28-32-33-34)6-7-17(13)14-2-4-15(5-3-14)22-18(27)9-19-25(30-22)31-26(29-19)38-21-11-37-23-20(35)10-36-24(21)23/h2-9,12,20-21,23-24,35H,10-11H2,1H3,(H,29,30,31)/t20-,21-,23-,24-/m1/s1. The lowest BCUT2D eigenvalue weighted by molar-refractivity contribution is 0.00706. The summed E-state index contributed by atoms with van der Waals surface area (Å²) in [5, 5.41) is 21.8. The smallest absolute Gasteiger partial charge is 0.296 e. The van der Waals surface area contributed by atoms with E-state index in [-0.39, 0.29) is 24.9 Å². The van der Waals surface area contributed by atoms with Crippen molar-refractivity contribution in [2.75, 3.05) is 13.2 Å². The third kappa shape index (κ3) is 4.00.